The van der Waals surface area contributed by atoms with Gasteiger partial charge in [-0.2, -0.15) is 0 Å². The van der Waals surface area contributed by atoms with E-state index in [9.17, 15) is 5.11 Å². The molecule has 0 spiro atoms. The van der Waals surface area contributed by atoms with E-state index in [-0.39, 0.29) is 24.9 Å². The number of halogens is 1. The lowest BCUT2D eigenvalue weighted by Crippen LogP contribution is -2.13. The van der Waals surface area contributed by atoms with Gasteiger partial charge in [-0.05, 0) is 44.6 Å². The maximum Gasteiger partial charge on any atom is 0.189 e. The molecule has 0 aliphatic heterocycles. The summed E-state index contributed by atoms with van der Waals surface area (Å²) < 4.78 is 17.1. The van der Waals surface area contributed by atoms with Crippen LogP contribution in [-0.4, -0.2) is 45.0 Å². The predicted octanol–water partition coefficient (Wildman–Crippen LogP) is 4.90. The maximum absolute atomic E-state index is 9.80. The molecule has 1 atom stereocenters. The van der Waals surface area contributed by atoms with Crippen LogP contribution in [0.15, 0.2) is 51.9 Å². The summed E-state index contributed by atoms with van der Waals surface area (Å²) in [5, 5.41) is 9.80. The van der Waals surface area contributed by atoms with Gasteiger partial charge in [-0.15, -0.1) is 0 Å². The first-order chi connectivity index (χ1) is 13.9. The largest absolute Gasteiger partial charge is 0.466 e. The van der Waals surface area contributed by atoms with Gasteiger partial charge in [-0.3, -0.25) is 4.99 Å². The molecule has 2 aromatic carbocycles. The molecule has 0 aliphatic rings. The van der Waals surface area contributed by atoms with E-state index >= 15 is 0 Å². The monoisotopic (exact) mass is 463 g/mol. The van der Waals surface area contributed by atoms with Gasteiger partial charge in [-0.25, -0.2) is 0 Å². The Kier molecular flexibility index (Phi) is 9.30. The third-order valence-corrected chi connectivity index (χ3v) is 5.00. The highest BCUT2D eigenvalue weighted by Gasteiger charge is 2.19. The topological polar surface area (TPSA) is 60.3 Å². The number of aliphatic hydroxyl groups excluding tert-OH is 1. The number of aliphatic hydroxyl groups is 1. The smallest absolute Gasteiger partial charge is 0.189 e. The maximum atomic E-state index is 9.80. The SMILES string of the molecule is COCCOCOc1c(Br)cc(C(C)(C)C)cc1C=N[C@H](CO)c1ccccc1. The average Bonchev–Trinajstić information content (AvgIpc) is 2.69. The van der Waals surface area contributed by atoms with Crippen molar-refractivity contribution < 1.29 is 19.3 Å². The molecule has 0 heterocycles. The standard InChI is InChI=1S/C23H30BrNO4/c1-23(2,3)19-12-18(14-25-21(15-26)17-8-6-5-7-9-17)22(20(24)13-19)29-16-28-11-10-27-4/h5-9,12-14,21,26H,10-11,15-16H2,1-4H3/t21-/m1/s1. The first-order valence-electron chi connectivity index (χ1n) is 9.59. The van der Waals surface area contributed by atoms with Gasteiger partial charge in [0.1, 0.15) is 5.75 Å². The van der Waals surface area contributed by atoms with Gasteiger partial charge in [-0.1, -0.05) is 51.1 Å². The van der Waals surface area contributed by atoms with Gasteiger partial charge < -0.3 is 19.3 Å². The Morgan fingerprint density at radius 3 is 2.48 bits per heavy atom. The highest BCUT2D eigenvalue weighted by atomic mass is 79.9. The van der Waals surface area contributed by atoms with Gasteiger partial charge >= 0.3 is 0 Å². The lowest BCUT2D eigenvalue weighted by molar-refractivity contribution is -0.00886. The molecule has 2 rings (SSSR count). The third kappa shape index (κ3) is 7.23. The van der Waals surface area contributed by atoms with Crippen molar-refractivity contribution in [3.63, 3.8) is 0 Å². The molecule has 0 aromatic heterocycles. The number of rotatable bonds is 10. The van der Waals surface area contributed by atoms with Crippen molar-refractivity contribution >= 4 is 22.1 Å². The summed E-state index contributed by atoms with van der Waals surface area (Å²) in [5.74, 6) is 0.656. The molecule has 0 bridgehead atoms. The second-order valence-corrected chi connectivity index (χ2v) is 8.53. The number of methoxy groups -OCH3 is 1. The Morgan fingerprint density at radius 1 is 1.14 bits per heavy atom. The van der Waals surface area contributed by atoms with Crippen LogP contribution in [0.25, 0.3) is 0 Å². The Labute approximate surface area is 181 Å². The molecule has 0 saturated heterocycles. The molecule has 29 heavy (non-hydrogen) atoms. The van der Waals surface area contributed by atoms with Crippen LogP contribution in [-0.2, 0) is 14.9 Å². The number of nitrogens with zero attached hydrogens (tertiary/aromatic N) is 1. The molecule has 0 saturated carbocycles. The zero-order chi connectivity index (χ0) is 21.3. The molecule has 0 aliphatic carbocycles. The fourth-order valence-electron chi connectivity index (χ4n) is 2.68. The predicted molar refractivity (Wildman–Crippen MR) is 120 cm³/mol. The molecule has 0 radical (unpaired) electrons. The van der Waals surface area contributed by atoms with Crippen LogP contribution in [0.4, 0.5) is 0 Å². The van der Waals surface area contributed by atoms with Gasteiger partial charge in [0, 0.05) is 18.9 Å². The van der Waals surface area contributed by atoms with Crippen LogP contribution in [0.1, 0.15) is 43.5 Å². The lowest BCUT2D eigenvalue weighted by Gasteiger charge is -2.22. The first kappa shape index (κ1) is 23.5. The quantitative estimate of drug-likeness (QED) is 0.309. The molecular weight excluding hydrogens is 434 g/mol. The first-order valence-corrected chi connectivity index (χ1v) is 10.4. The van der Waals surface area contributed by atoms with E-state index in [1.54, 1.807) is 13.3 Å². The Balaban J connectivity index is 2.31. The molecule has 0 fully saturated rings. The lowest BCUT2D eigenvalue weighted by atomic mass is 9.86. The van der Waals surface area contributed by atoms with E-state index in [4.69, 9.17) is 14.2 Å². The van der Waals surface area contributed by atoms with Crippen LogP contribution in [0.2, 0.25) is 0 Å². The van der Waals surface area contributed by atoms with Crippen molar-refractivity contribution in [2.75, 3.05) is 33.7 Å². The molecule has 6 heteroatoms. The van der Waals surface area contributed by atoms with Crippen molar-refractivity contribution in [3.05, 3.63) is 63.6 Å². The summed E-state index contributed by atoms with van der Waals surface area (Å²) >= 11 is 3.63. The molecular formula is C23H30BrNO4. The summed E-state index contributed by atoms with van der Waals surface area (Å²) in [6.45, 7) is 7.48. The summed E-state index contributed by atoms with van der Waals surface area (Å²) in [6.07, 6.45) is 1.76. The van der Waals surface area contributed by atoms with Crippen LogP contribution >= 0.6 is 15.9 Å². The van der Waals surface area contributed by atoms with Gasteiger partial charge in [0.2, 0.25) is 0 Å². The van der Waals surface area contributed by atoms with Gasteiger partial charge in [0.25, 0.3) is 0 Å². The average molecular weight is 464 g/mol. The zero-order valence-corrected chi connectivity index (χ0v) is 19.1. The Morgan fingerprint density at radius 2 is 1.86 bits per heavy atom. The molecule has 0 amide bonds. The summed E-state index contributed by atoms with van der Waals surface area (Å²) in [5.41, 5.74) is 2.91. The van der Waals surface area contributed by atoms with Crippen LogP contribution < -0.4 is 4.74 Å². The van der Waals surface area contributed by atoms with E-state index in [1.165, 1.54) is 0 Å². The fourth-order valence-corrected chi connectivity index (χ4v) is 3.27. The second-order valence-electron chi connectivity index (χ2n) is 7.68. The zero-order valence-electron chi connectivity index (χ0n) is 17.5. The second kappa shape index (κ2) is 11.5. The highest BCUT2D eigenvalue weighted by Crippen LogP contribution is 2.35. The highest BCUT2D eigenvalue weighted by molar-refractivity contribution is 9.10. The minimum Gasteiger partial charge on any atom is -0.466 e. The Bertz CT molecular complexity index is 787. The number of benzene rings is 2. The third-order valence-electron chi connectivity index (χ3n) is 4.41. The van der Waals surface area contributed by atoms with Gasteiger partial charge in [0.15, 0.2) is 6.79 Å². The van der Waals surface area contributed by atoms with Crippen LogP contribution in [0, 0.1) is 0 Å². The van der Waals surface area contributed by atoms with E-state index in [1.807, 2.05) is 30.3 Å². The number of ether oxygens (including phenoxy) is 3. The minimum absolute atomic E-state index is 0.0333. The Hall–Kier alpha value is -1.73. The van der Waals surface area contributed by atoms with Crippen LogP contribution in [0.3, 0.4) is 0 Å². The van der Waals surface area contributed by atoms with Crippen molar-refractivity contribution in [1.82, 2.24) is 0 Å². The number of hydrogen-bond donors (Lipinski definition) is 1. The van der Waals surface area contributed by atoms with Crippen molar-refractivity contribution in [3.8, 4) is 5.75 Å². The van der Waals surface area contributed by atoms with E-state index in [0.29, 0.717) is 19.0 Å². The number of aliphatic imine (C=N–C) groups is 1. The molecule has 0 unspecified atom stereocenters. The molecule has 5 nitrogen and oxygen atoms in total. The fraction of sp³-hybridized carbons (Fsp3) is 0.435. The van der Waals surface area contributed by atoms with Crippen molar-refractivity contribution in [1.29, 1.82) is 0 Å². The van der Waals surface area contributed by atoms with Gasteiger partial charge in [0.05, 0.1) is 30.3 Å². The van der Waals surface area contributed by atoms with E-state index < -0.39 is 0 Å². The minimum atomic E-state index is -0.334. The van der Waals surface area contributed by atoms with E-state index in [2.05, 4.69) is 53.8 Å². The molecule has 1 N–H and O–H groups in total. The van der Waals surface area contributed by atoms with Crippen LogP contribution in [0.5, 0.6) is 5.75 Å². The number of hydrogen-bond acceptors (Lipinski definition) is 5. The van der Waals surface area contributed by atoms with Crippen molar-refractivity contribution in [2.24, 2.45) is 4.99 Å². The summed E-state index contributed by atoms with van der Waals surface area (Å²) in [6, 6.07) is 13.5. The normalized spacial score (nSPS) is 13.0. The van der Waals surface area contributed by atoms with Crippen molar-refractivity contribution in [2.45, 2.75) is 32.2 Å². The summed E-state index contributed by atoms with van der Waals surface area (Å²) in [7, 11) is 1.63. The molecule has 2 aromatic rings. The summed E-state index contributed by atoms with van der Waals surface area (Å²) in [4.78, 5) is 4.63. The molecule has 158 valence electrons. The van der Waals surface area contributed by atoms with E-state index in [0.717, 1.165) is 21.2 Å².